The van der Waals surface area contributed by atoms with Crippen LogP contribution in [-0.4, -0.2) is 45.0 Å². The predicted molar refractivity (Wildman–Crippen MR) is 46.7 cm³/mol. The Hall–Kier alpha value is -1.14. The number of carboxylic acids is 1. The third-order valence-corrected chi connectivity index (χ3v) is 1.70. The lowest BCUT2D eigenvalue weighted by Gasteiger charge is -2.21. The van der Waals surface area contributed by atoms with Gasteiger partial charge < -0.3 is 10.2 Å². The second-order valence-electron chi connectivity index (χ2n) is 2.85. The van der Waals surface area contributed by atoms with E-state index in [2.05, 4.69) is 0 Å². The number of hydroxylamine groups is 2. The molecule has 14 heavy (non-hydrogen) atoms. The molecule has 0 saturated heterocycles. The first-order valence-corrected chi connectivity index (χ1v) is 4.39. The number of aliphatic hydroxyl groups excluding tert-OH is 1. The molecule has 0 fully saturated rings. The third kappa shape index (κ3) is 3.71. The summed E-state index contributed by atoms with van der Waals surface area (Å²) in [6.07, 6.45) is 0.439. The van der Waals surface area contributed by atoms with Crippen molar-refractivity contribution in [3.63, 3.8) is 0 Å². The van der Waals surface area contributed by atoms with E-state index >= 15 is 0 Å². The van der Waals surface area contributed by atoms with E-state index in [1.54, 1.807) is 6.92 Å². The lowest BCUT2D eigenvalue weighted by molar-refractivity contribution is -0.187. The van der Waals surface area contributed by atoms with E-state index in [1.807, 2.05) is 0 Å². The molecule has 0 heterocycles. The van der Waals surface area contributed by atoms with Crippen LogP contribution in [0.4, 0.5) is 0 Å². The first-order valence-electron chi connectivity index (χ1n) is 4.39. The highest BCUT2D eigenvalue weighted by atomic mass is 16.5. The molecule has 0 aromatic heterocycles. The van der Waals surface area contributed by atoms with E-state index < -0.39 is 24.5 Å². The number of carbonyl (C=O) groups excluding carboxylic acids is 1. The summed E-state index contributed by atoms with van der Waals surface area (Å²) in [5, 5.41) is 26.5. The molecule has 0 unspecified atom stereocenters. The number of nitrogens with zero attached hydrogens (tertiary/aromatic N) is 1. The lowest BCUT2D eigenvalue weighted by atomic mass is 10.2. The van der Waals surface area contributed by atoms with E-state index in [0.29, 0.717) is 6.42 Å². The predicted octanol–water partition coefficient (Wildman–Crippen LogP) is -0.160. The Morgan fingerprint density at radius 3 is 2.36 bits per heavy atom. The molecular formula is C8H15NO5. The number of amides is 1. The SMILES string of the molecule is CCCC(=O)N(O)[C@@H](CCO)C(=O)O. The molecule has 0 aromatic rings. The molecule has 1 atom stereocenters. The third-order valence-electron chi connectivity index (χ3n) is 1.70. The van der Waals surface area contributed by atoms with Crippen molar-refractivity contribution < 1.29 is 25.0 Å². The van der Waals surface area contributed by atoms with Gasteiger partial charge in [-0.1, -0.05) is 6.92 Å². The fourth-order valence-corrected chi connectivity index (χ4v) is 0.975. The number of rotatable bonds is 6. The zero-order chi connectivity index (χ0) is 11.1. The fraction of sp³-hybridized carbons (Fsp3) is 0.750. The Morgan fingerprint density at radius 1 is 1.43 bits per heavy atom. The molecule has 1 amide bonds. The highest BCUT2D eigenvalue weighted by Gasteiger charge is 2.27. The van der Waals surface area contributed by atoms with Crippen molar-refractivity contribution in [2.75, 3.05) is 6.61 Å². The highest BCUT2D eigenvalue weighted by Crippen LogP contribution is 2.05. The Bertz CT molecular complexity index is 206. The van der Waals surface area contributed by atoms with E-state index in [9.17, 15) is 14.8 Å². The van der Waals surface area contributed by atoms with E-state index in [0.717, 1.165) is 0 Å². The first-order chi connectivity index (χ1) is 6.54. The van der Waals surface area contributed by atoms with Gasteiger partial charge in [-0.2, -0.15) is 0 Å². The average molecular weight is 205 g/mol. The van der Waals surface area contributed by atoms with Crippen LogP contribution in [0.5, 0.6) is 0 Å². The lowest BCUT2D eigenvalue weighted by Crippen LogP contribution is -2.43. The van der Waals surface area contributed by atoms with Gasteiger partial charge in [-0.05, 0) is 6.42 Å². The van der Waals surface area contributed by atoms with Crippen LogP contribution >= 0.6 is 0 Å². The summed E-state index contributed by atoms with van der Waals surface area (Å²) in [4.78, 5) is 21.7. The van der Waals surface area contributed by atoms with Crippen LogP contribution in [0.1, 0.15) is 26.2 Å². The van der Waals surface area contributed by atoms with E-state index in [4.69, 9.17) is 10.2 Å². The van der Waals surface area contributed by atoms with Crippen molar-refractivity contribution in [3.8, 4) is 0 Å². The zero-order valence-corrected chi connectivity index (χ0v) is 8.01. The number of carbonyl (C=O) groups is 2. The second-order valence-corrected chi connectivity index (χ2v) is 2.85. The first kappa shape index (κ1) is 12.9. The smallest absolute Gasteiger partial charge is 0.329 e. The van der Waals surface area contributed by atoms with Gasteiger partial charge in [0.1, 0.15) is 0 Å². The molecule has 0 spiro atoms. The maximum Gasteiger partial charge on any atom is 0.329 e. The molecule has 0 rings (SSSR count). The van der Waals surface area contributed by atoms with Gasteiger partial charge in [0.25, 0.3) is 0 Å². The number of aliphatic hydroxyl groups is 1. The van der Waals surface area contributed by atoms with Gasteiger partial charge in [0.05, 0.1) is 0 Å². The summed E-state index contributed by atoms with van der Waals surface area (Å²) in [5.41, 5.74) is 0. The average Bonchev–Trinajstić information content (AvgIpc) is 2.13. The Labute approximate surface area is 81.7 Å². The molecule has 6 nitrogen and oxygen atoms in total. The quantitative estimate of drug-likeness (QED) is 0.413. The van der Waals surface area contributed by atoms with Crippen LogP contribution in [0.25, 0.3) is 0 Å². The maximum atomic E-state index is 11.1. The molecule has 6 heteroatoms. The molecule has 0 bridgehead atoms. The van der Waals surface area contributed by atoms with Gasteiger partial charge in [-0.3, -0.25) is 10.0 Å². The van der Waals surface area contributed by atoms with Gasteiger partial charge in [0.2, 0.25) is 5.91 Å². The number of hydrogen-bond donors (Lipinski definition) is 3. The van der Waals surface area contributed by atoms with Crippen molar-refractivity contribution >= 4 is 11.9 Å². The summed E-state index contributed by atoms with van der Waals surface area (Å²) < 4.78 is 0. The van der Waals surface area contributed by atoms with Crippen LogP contribution in [-0.2, 0) is 9.59 Å². The fourth-order valence-electron chi connectivity index (χ4n) is 0.975. The summed E-state index contributed by atoms with van der Waals surface area (Å²) in [5.74, 6) is -1.97. The van der Waals surface area contributed by atoms with Gasteiger partial charge in [0, 0.05) is 19.4 Å². The minimum absolute atomic E-state index is 0.0890. The minimum Gasteiger partial charge on any atom is -0.480 e. The van der Waals surface area contributed by atoms with Gasteiger partial charge >= 0.3 is 5.97 Å². The summed E-state index contributed by atoms with van der Waals surface area (Å²) in [6, 6.07) is -1.36. The normalized spacial score (nSPS) is 12.2. The monoisotopic (exact) mass is 205 g/mol. The standard InChI is InChI=1S/C8H15NO5/c1-2-3-7(11)9(14)6(4-5-10)8(12)13/h6,10,14H,2-5H2,1H3,(H,12,13)/t6-/m0/s1. The molecule has 0 aliphatic heterocycles. The molecule has 82 valence electrons. The molecule has 0 radical (unpaired) electrons. The Balaban J connectivity index is 4.34. The summed E-state index contributed by atoms with van der Waals surface area (Å²) >= 11 is 0. The Morgan fingerprint density at radius 2 is 2.00 bits per heavy atom. The van der Waals surface area contributed by atoms with Gasteiger partial charge in [-0.25, -0.2) is 9.86 Å². The minimum atomic E-state index is -1.36. The van der Waals surface area contributed by atoms with Crippen LogP contribution in [0.15, 0.2) is 0 Å². The highest BCUT2D eigenvalue weighted by molar-refractivity contribution is 5.82. The molecule has 0 aliphatic rings. The van der Waals surface area contributed by atoms with Crippen LogP contribution in [0, 0.1) is 0 Å². The zero-order valence-electron chi connectivity index (χ0n) is 8.01. The number of hydrogen-bond acceptors (Lipinski definition) is 4. The Kier molecular flexibility index (Phi) is 5.82. The van der Waals surface area contributed by atoms with Crippen LogP contribution < -0.4 is 0 Å². The molecule has 0 saturated carbocycles. The second kappa shape index (κ2) is 6.33. The van der Waals surface area contributed by atoms with Crippen molar-refractivity contribution in [1.29, 1.82) is 0 Å². The molecule has 0 aliphatic carbocycles. The molecule has 0 aromatic carbocycles. The molecular weight excluding hydrogens is 190 g/mol. The van der Waals surface area contributed by atoms with Crippen molar-refractivity contribution in [3.05, 3.63) is 0 Å². The van der Waals surface area contributed by atoms with Crippen molar-refractivity contribution in [2.45, 2.75) is 32.2 Å². The van der Waals surface area contributed by atoms with Gasteiger partial charge in [0.15, 0.2) is 6.04 Å². The van der Waals surface area contributed by atoms with Crippen molar-refractivity contribution in [1.82, 2.24) is 5.06 Å². The number of carboxylic acid groups (broad SMARTS) is 1. The molecule has 3 N–H and O–H groups in total. The largest absolute Gasteiger partial charge is 0.480 e. The summed E-state index contributed by atoms with van der Waals surface area (Å²) in [7, 11) is 0. The van der Waals surface area contributed by atoms with E-state index in [-0.39, 0.29) is 17.9 Å². The number of aliphatic carboxylic acids is 1. The van der Waals surface area contributed by atoms with Crippen LogP contribution in [0.3, 0.4) is 0 Å². The van der Waals surface area contributed by atoms with Crippen molar-refractivity contribution in [2.24, 2.45) is 0 Å². The topological polar surface area (TPSA) is 98.1 Å². The maximum absolute atomic E-state index is 11.1. The summed E-state index contributed by atoms with van der Waals surface area (Å²) in [6.45, 7) is 1.35. The van der Waals surface area contributed by atoms with Gasteiger partial charge in [-0.15, -0.1) is 0 Å². The van der Waals surface area contributed by atoms with E-state index in [1.165, 1.54) is 0 Å². The van der Waals surface area contributed by atoms with Crippen LogP contribution in [0.2, 0.25) is 0 Å².